The van der Waals surface area contributed by atoms with Crippen LogP contribution in [0, 0.1) is 5.92 Å². The standard InChI is InChI=1S/C20H23N3O2S/c24-20(22-25)19-7-6-18(26-19)15-5-4-14-8-10-23(12-16(14)11-15)13-17-3-1-2-9-21-17/h1-3,6-7,9,11,14-15,25H,4-5,8,10,12-13H2,(H,22,24). The molecule has 136 valence electrons. The lowest BCUT2D eigenvalue weighted by molar-refractivity contribution is 0.0711. The lowest BCUT2D eigenvalue weighted by atomic mass is 9.78. The number of nitrogens with one attached hydrogen (secondary N) is 1. The van der Waals surface area contributed by atoms with Gasteiger partial charge in [0.25, 0.3) is 5.91 Å². The molecule has 1 fully saturated rings. The lowest BCUT2D eigenvalue weighted by Gasteiger charge is -2.38. The SMILES string of the molecule is O=C(NO)c1ccc(C2C=C3CN(Cc4ccccn4)CCC3CC2)s1. The van der Waals surface area contributed by atoms with Crippen LogP contribution in [-0.4, -0.2) is 34.1 Å². The van der Waals surface area contributed by atoms with Gasteiger partial charge in [0.15, 0.2) is 0 Å². The number of carbonyl (C=O) groups is 1. The van der Waals surface area contributed by atoms with Crippen LogP contribution < -0.4 is 5.48 Å². The van der Waals surface area contributed by atoms with Gasteiger partial charge in [-0.1, -0.05) is 17.7 Å². The summed E-state index contributed by atoms with van der Waals surface area (Å²) in [6.07, 6.45) is 7.84. The number of aromatic nitrogens is 1. The third-order valence-electron chi connectivity index (χ3n) is 5.40. The van der Waals surface area contributed by atoms with Crippen molar-refractivity contribution in [2.24, 2.45) is 5.92 Å². The Bertz CT molecular complexity index is 802. The quantitative estimate of drug-likeness (QED) is 0.491. The number of hydroxylamine groups is 1. The third kappa shape index (κ3) is 3.72. The molecule has 1 saturated heterocycles. The summed E-state index contributed by atoms with van der Waals surface area (Å²) in [7, 11) is 0. The summed E-state index contributed by atoms with van der Waals surface area (Å²) in [5, 5.41) is 8.80. The molecule has 2 aromatic rings. The van der Waals surface area contributed by atoms with Gasteiger partial charge in [0, 0.05) is 30.1 Å². The fourth-order valence-electron chi connectivity index (χ4n) is 4.04. The van der Waals surface area contributed by atoms with Gasteiger partial charge in [-0.25, -0.2) is 5.48 Å². The van der Waals surface area contributed by atoms with Crippen molar-refractivity contribution < 1.29 is 10.0 Å². The number of piperidine rings is 1. The molecule has 0 aromatic carbocycles. The van der Waals surface area contributed by atoms with Gasteiger partial charge in [-0.3, -0.25) is 19.9 Å². The van der Waals surface area contributed by atoms with Gasteiger partial charge >= 0.3 is 0 Å². The van der Waals surface area contributed by atoms with Crippen molar-refractivity contribution in [1.29, 1.82) is 0 Å². The number of rotatable bonds is 4. The van der Waals surface area contributed by atoms with Crippen LogP contribution in [0.5, 0.6) is 0 Å². The van der Waals surface area contributed by atoms with Crippen LogP contribution in [0.4, 0.5) is 0 Å². The topological polar surface area (TPSA) is 65.5 Å². The zero-order chi connectivity index (χ0) is 17.9. The van der Waals surface area contributed by atoms with E-state index in [-0.39, 0.29) is 0 Å². The molecule has 2 unspecified atom stereocenters. The van der Waals surface area contributed by atoms with Crippen LogP contribution in [0.2, 0.25) is 0 Å². The highest BCUT2D eigenvalue weighted by Crippen LogP contribution is 2.40. The number of pyridine rings is 1. The molecule has 2 aromatic heterocycles. The predicted molar refractivity (Wildman–Crippen MR) is 101 cm³/mol. The van der Waals surface area contributed by atoms with Crippen molar-refractivity contribution in [3.63, 3.8) is 0 Å². The molecular formula is C20H23N3O2S. The average molecular weight is 369 g/mol. The van der Waals surface area contributed by atoms with E-state index in [1.54, 1.807) is 11.5 Å². The number of fused-ring (bicyclic) bond motifs is 1. The molecule has 26 heavy (non-hydrogen) atoms. The maximum absolute atomic E-state index is 11.6. The first-order chi connectivity index (χ1) is 12.7. The molecule has 2 aliphatic rings. The van der Waals surface area contributed by atoms with E-state index in [0.717, 1.165) is 31.7 Å². The van der Waals surface area contributed by atoms with E-state index in [9.17, 15) is 4.79 Å². The maximum atomic E-state index is 11.6. The number of amides is 1. The average Bonchev–Trinajstić information content (AvgIpc) is 3.18. The van der Waals surface area contributed by atoms with Gasteiger partial charge in [0.2, 0.25) is 0 Å². The number of thiophene rings is 1. The van der Waals surface area contributed by atoms with Crippen LogP contribution >= 0.6 is 11.3 Å². The van der Waals surface area contributed by atoms with Gasteiger partial charge in [0.05, 0.1) is 10.6 Å². The van der Waals surface area contributed by atoms with E-state index < -0.39 is 5.91 Å². The summed E-state index contributed by atoms with van der Waals surface area (Å²) in [6.45, 7) is 3.03. The highest BCUT2D eigenvalue weighted by atomic mass is 32.1. The first-order valence-corrected chi connectivity index (χ1v) is 9.91. The molecule has 4 rings (SSSR count). The fourth-order valence-corrected chi connectivity index (χ4v) is 5.04. The van der Waals surface area contributed by atoms with Crippen LogP contribution in [-0.2, 0) is 6.54 Å². The molecule has 0 saturated carbocycles. The fraction of sp³-hybridized carbons (Fsp3) is 0.400. The van der Waals surface area contributed by atoms with Crippen molar-refractivity contribution >= 4 is 17.2 Å². The molecule has 1 aliphatic carbocycles. The molecule has 0 spiro atoms. The normalized spacial score (nSPS) is 23.2. The zero-order valence-corrected chi connectivity index (χ0v) is 15.4. The van der Waals surface area contributed by atoms with E-state index in [1.165, 1.54) is 34.6 Å². The van der Waals surface area contributed by atoms with E-state index in [0.29, 0.717) is 16.7 Å². The Morgan fingerprint density at radius 3 is 3.00 bits per heavy atom. The summed E-state index contributed by atoms with van der Waals surface area (Å²) in [5.74, 6) is 0.648. The number of hydrogen-bond donors (Lipinski definition) is 2. The highest BCUT2D eigenvalue weighted by molar-refractivity contribution is 7.14. The Kier molecular flexibility index (Phi) is 5.15. The molecule has 0 radical (unpaired) electrons. The van der Waals surface area contributed by atoms with Crippen molar-refractivity contribution in [2.45, 2.75) is 31.7 Å². The minimum Gasteiger partial charge on any atom is -0.294 e. The number of likely N-dealkylation sites (tertiary alicyclic amines) is 1. The highest BCUT2D eigenvalue weighted by Gasteiger charge is 2.29. The van der Waals surface area contributed by atoms with Crippen LogP contribution in [0.15, 0.2) is 48.2 Å². The van der Waals surface area contributed by atoms with Gasteiger partial charge in [-0.2, -0.15) is 0 Å². The second kappa shape index (κ2) is 7.70. The second-order valence-electron chi connectivity index (χ2n) is 7.09. The number of allylic oxidation sites excluding steroid dienone is 1. The molecule has 3 heterocycles. The van der Waals surface area contributed by atoms with Gasteiger partial charge < -0.3 is 0 Å². The van der Waals surface area contributed by atoms with Crippen molar-refractivity contribution in [2.75, 3.05) is 13.1 Å². The van der Waals surface area contributed by atoms with E-state index in [4.69, 9.17) is 5.21 Å². The summed E-state index contributed by atoms with van der Waals surface area (Å²) >= 11 is 1.47. The largest absolute Gasteiger partial charge is 0.294 e. The second-order valence-corrected chi connectivity index (χ2v) is 8.20. The first-order valence-electron chi connectivity index (χ1n) is 9.10. The molecule has 6 heteroatoms. The molecule has 1 aliphatic heterocycles. The summed E-state index contributed by atoms with van der Waals surface area (Å²) in [5.41, 5.74) is 4.37. The minimum atomic E-state index is -0.429. The number of hydrogen-bond acceptors (Lipinski definition) is 5. The van der Waals surface area contributed by atoms with Gasteiger partial charge in [-0.05, 0) is 56.0 Å². The molecule has 2 atom stereocenters. The van der Waals surface area contributed by atoms with Gasteiger partial charge in [0.1, 0.15) is 0 Å². The summed E-state index contributed by atoms with van der Waals surface area (Å²) < 4.78 is 0. The Morgan fingerprint density at radius 2 is 2.19 bits per heavy atom. The molecule has 5 nitrogen and oxygen atoms in total. The van der Waals surface area contributed by atoms with Crippen molar-refractivity contribution in [1.82, 2.24) is 15.4 Å². The van der Waals surface area contributed by atoms with Gasteiger partial charge in [-0.15, -0.1) is 11.3 Å². The third-order valence-corrected chi connectivity index (χ3v) is 6.61. The molecular weight excluding hydrogens is 346 g/mol. The summed E-state index contributed by atoms with van der Waals surface area (Å²) in [6, 6.07) is 9.90. The summed E-state index contributed by atoms with van der Waals surface area (Å²) in [4.78, 5) is 20.3. The van der Waals surface area contributed by atoms with Crippen LogP contribution in [0.25, 0.3) is 0 Å². The molecule has 2 N–H and O–H groups in total. The van der Waals surface area contributed by atoms with Crippen molar-refractivity contribution in [3.05, 3.63) is 63.6 Å². The first kappa shape index (κ1) is 17.4. The maximum Gasteiger partial charge on any atom is 0.284 e. The lowest BCUT2D eigenvalue weighted by Crippen LogP contribution is -2.36. The van der Waals surface area contributed by atoms with E-state index in [1.807, 2.05) is 24.4 Å². The number of nitrogens with zero attached hydrogens (tertiary/aromatic N) is 2. The Hall–Kier alpha value is -2.02. The number of carbonyl (C=O) groups excluding carboxylic acids is 1. The molecule has 0 bridgehead atoms. The smallest absolute Gasteiger partial charge is 0.284 e. The molecule has 1 amide bonds. The monoisotopic (exact) mass is 369 g/mol. The Labute approximate surface area is 157 Å². The van der Waals surface area contributed by atoms with Crippen molar-refractivity contribution in [3.8, 4) is 0 Å². The van der Waals surface area contributed by atoms with Crippen LogP contribution in [0.1, 0.15) is 45.4 Å². The minimum absolute atomic E-state index is 0.376. The van der Waals surface area contributed by atoms with E-state index >= 15 is 0 Å². The predicted octanol–water partition coefficient (Wildman–Crippen LogP) is 3.59. The Morgan fingerprint density at radius 1 is 1.27 bits per heavy atom. The van der Waals surface area contributed by atoms with E-state index in [2.05, 4.69) is 22.0 Å². The zero-order valence-electron chi connectivity index (χ0n) is 14.6. The Balaban J connectivity index is 1.47. The van der Waals surface area contributed by atoms with Crippen LogP contribution in [0.3, 0.4) is 0 Å².